The number of aryl methyl sites for hydroxylation is 1. The SMILES string of the molecule is C=C/C(=C\CC1=C(C)C(CCNCC)(C(=NC)N(OCO)C(C)C)c2ccc(C(N)=O)cc2CC1)C(=C)N.N#CC1CCCN1C=O. The van der Waals surface area contributed by atoms with Crippen molar-refractivity contribution in [2.24, 2.45) is 16.5 Å². The van der Waals surface area contributed by atoms with Gasteiger partial charge in [-0.25, -0.2) is 9.90 Å². The summed E-state index contributed by atoms with van der Waals surface area (Å²) in [6.45, 7) is 17.8. The Balaban J connectivity index is 0.000000731. The van der Waals surface area contributed by atoms with Crippen molar-refractivity contribution in [3.05, 3.63) is 82.6 Å². The lowest BCUT2D eigenvalue weighted by Gasteiger charge is -2.43. The van der Waals surface area contributed by atoms with Crippen LogP contribution in [-0.4, -0.2) is 78.8 Å². The number of aliphatic hydroxyl groups is 1. The Kier molecular flexibility index (Phi) is 15.6. The van der Waals surface area contributed by atoms with Gasteiger partial charge in [-0.05, 0) is 101 Å². The summed E-state index contributed by atoms with van der Waals surface area (Å²) in [6, 6.07) is 7.51. The number of amidine groups is 1. The van der Waals surface area contributed by atoms with Crippen LogP contribution in [0.25, 0.3) is 0 Å². The van der Waals surface area contributed by atoms with E-state index in [2.05, 4.69) is 44.5 Å². The number of likely N-dealkylation sites (tertiary alicyclic amines) is 1. The Morgan fingerprint density at radius 2 is 2.09 bits per heavy atom. The first-order valence-corrected chi connectivity index (χ1v) is 16.2. The molecule has 2 atom stereocenters. The number of rotatable bonds is 14. The Morgan fingerprint density at radius 3 is 2.60 bits per heavy atom. The van der Waals surface area contributed by atoms with Gasteiger partial charge >= 0.3 is 0 Å². The summed E-state index contributed by atoms with van der Waals surface area (Å²) >= 11 is 0. The van der Waals surface area contributed by atoms with Gasteiger partial charge in [0.25, 0.3) is 0 Å². The van der Waals surface area contributed by atoms with Crippen LogP contribution in [0, 0.1) is 11.3 Å². The Morgan fingerprint density at radius 1 is 1.36 bits per heavy atom. The van der Waals surface area contributed by atoms with E-state index in [1.54, 1.807) is 29.2 Å². The fourth-order valence-corrected chi connectivity index (χ4v) is 6.40. The smallest absolute Gasteiger partial charge is 0.248 e. The molecule has 2 unspecified atom stereocenters. The number of nitriles is 1. The maximum Gasteiger partial charge on any atom is 0.248 e. The largest absolute Gasteiger partial charge is 0.399 e. The number of hydrogen-bond acceptors (Lipinski definition) is 8. The fraction of sp³-hybridized carbons (Fsp3) is 0.500. The van der Waals surface area contributed by atoms with Crippen molar-refractivity contribution in [3.8, 4) is 6.07 Å². The minimum Gasteiger partial charge on any atom is -0.399 e. The number of aliphatic hydroxyl groups excluding tert-OH is 1. The van der Waals surface area contributed by atoms with Gasteiger partial charge in [-0.15, -0.1) is 0 Å². The summed E-state index contributed by atoms with van der Waals surface area (Å²) in [5.74, 6) is 0.234. The van der Waals surface area contributed by atoms with E-state index in [9.17, 15) is 14.7 Å². The molecule has 256 valence electrons. The molecular weight excluding hydrogens is 594 g/mol. The van der Waals surface area contributed by atoms with Crippen LogP contribution in [0.5, 0.6) is 0 Å². The Labute approximate surface area is 280 Å². The predicted molar refractivity (Wildman–Crippen MR) is 187 cm³/mol. The van der Waals surface area contributed by atoms with Crippen LogP contribution in [-0.2, 0) is 21.5 Å². The average Bonchev–Trinajstić information content (AvgIpc) is 3.49. The van der Waals surface area contributed by atoms with Crippen LogP contribution in [0.4, 0.5) is 0 Å². The minimum absolute atomic E-state index is 0.0995. The molecular formula is C36H53N7O4. The van der Waals surface area contributed by atoms with E-state index in [4.69, 9.17) is 26.6 Å². The maximum atomic E-state index is 12.1. The third-order valence-electron chi connectivity index (χ3n) is 8.85. The van der Waals surface area contributed by atoms with Crippen LogP contribution in [0.2, 0.25) is 0 Å². The Hall–Kier alpha value is -4.24. The van der Waals surface area contributed by atoms with Gasteiger partial charge < -0.3 is 26.8 Å². The number of benzene rings is 1. The number of fused-ring (bicyclic) bond motifs is 1. The first-order valence-electron chi connectivity index (χ1n) is 16.2. The summed E-state index contributed by atoms with van der Waals surface area (Å²) in [5.41, 5.74) is 17.2. The minimum atomic E-state index is -0.699. The molecule has 2 amide bonds. The van der Waals surface area contributed by atoms with Crippen LogP contribution < -0.4 is 16.8 Å². The lowest BCUT2D eigenvalue weighted by molar-refractivity contribution is -0.181. The molecule has 11 nitrogen and oxygen atoms in total. The average molecular weight is 648 g/mol. The zero-order chi connectivity index (χ0) is 35.1. The van der Waals surface area contributed by atoms with Crippen LogP contribution in [0.15, 0.2) is 70.9 Å². The van der Waals surface area contributed by atoms with Crippen molar-refractivity contribution in [1.29, 1.82) is 5.26 Å². The van der Waals surface area contributed by atoms with Gasteiger partial charge in [0.2, 0.25) is 12.3 Å². The van der Waals surface area contributed by atoms with Gasteiger partial charge in [-0.3, -0.25) is 14.6 Å². The quantitative estimate of drug-likeness (QED) is 0.0343. The highest BCUT2D eigenvalue weighted by atomic mass is 16.7. The van der Waals surface area contributed by atoms with E-state index < -0.39 is 18.1 Å². The second kappa shape index (κ2) is 18.8. The molecule has 1 aliphatic carbocycles. The predicted octanol–water partition coefficient (Wildman–Crippen LogP) is 4.01. The van der Waals surface area contributed by atoms with Crippen molar-refractivity contribution in [2.45, 2.75) is 83.7 Å². The van der Waals surface area contributed by atoms with Crippen molar-refractivity contribution < 1.29 is 19.5 Å². The molecule has 11 heteroatoms. The third-order valence-corrected chi connectivity index (χ3v) is 8.85. The van der Waals surface area contributed by atoms with E-state index in [1.165, 1.54) is 5.57 Å². The normalized spacial score (nSPS) is 19.7. The van der Waals surface area contributed by atoms with Crippen LogP contribution in [0.3, 0.4) is 0 Å². The number of nitrogens with one attached hydrogen (secondary N) is 1. The first-order chi connectivity index (χ1) is 22.5. The van der Waals surface area contributed by atoms with Gasteiger partial charge in [0.1, 0.15) is 11.9 Å². The summed E-state index contributed by atoms with van der Waals surface area (Å²) in [5, 5.41) is 23.4. The number of aliphatic imine (C=N–C) groups is 1. The summed E-state index contributed by atoms with van der Waals surface area (Å²) in [4.78, 5) is 34.4. The van der Waals surface area contributed by atoms with Gasteiger partial charge in [0.15, 0.2) is 6.79 Å². The number of nitrogens with zero attached hydrogens (tertiary/aromatic N) is 4. The molecule has 1 fully saturated rings. The van der Waals surface area contributed by atoms with Crippen molar-refractivity contribution in [3.63, 3.8) is 0 Å². The van der Waals surface area contributed by atoms with Gasteiger partial charge in [-0.1, -0.05) is 49.4 Å². The van der Waals surface area contributed by atoms with Gasteiger partial charge in [0.05, 0.1) is 17.5 Å². The monoisotopic (exact) mass is 647 g/mol. The van der Waals surface area contributed by atoms with E-state index in [0.29, 0.717) is 29.9 Å². The molecule has 1 saturated heterocycles. The number of allylic oxidation sites excluding steroid dienone is 3. The molecule has 0 spiro atoms. The maximum absolute atomic E-state index is 12.1. The molecule has 47 heavy (non-hydrogen) atoms. The zero-order valence-electron chi connectivity index (χ0n) is 28.7. The highest BCUT2D eigenvalue weighted by Crippen LogP contribution is 2.46. The highest BCUT2D eigenvalue weighted by molar-refractivity contribution is 5.98. The van der Waals surface area contributed by atoms with E-state index in [-0.39, 0.29) is 12.1 Å². The number of carbonyl (C=O) groups is 2. The molecule has 0 radical (unpaired) electrons. The second-order valence-electron chi connectivity index (χ2n) is 11.9. The van der Waals surface area contributed by atoms with Crippen LogP contribution >= 0.6 is 0 Å². The number of hydrogen-bond donors (Lipinski definition) is 4. The van der Waals surface area contributed by atoms with E-state index in [0.717, 1.165) is 74.0 Å². The number of hydroxylamine groups is 2. The number of amides is 2. The molecule has 0 aromatic heterocycles. The molecule has 0 bridgehead atoms. The number of nitrogens with two attached hydrogens (primary N) is 2. The lowest BCUT2D eigenvalue weighted by atomic mass is 9.68. The number of carbonyl (C=O) groups excluding carboxylic acids is 2. The van der Waals surface area contributed by atoms with E-state index >= 15 is 0 Å². The first kappa shape index (κ1) is 38.9. The van der Waals surface area contributed by atoms with E-state index in [1.807, 2.05) is 26.0 Å². The summed E-state index contributed by atoms with van der Waals surface area (Å²) < 4.78 is 0. The molecule has 6 N–H and O–H groups in total. The van der Waals surface area contributed by atoms with Crippen molar-refractivity contribution in [1.82, 2.24) is 15.3 Å². The topological polar surface area (TPSA) is 170 Å². The van der Waals surface area contributed by atoms with Crippen molar-refractivity contribution >= 4 is 18.2 Å². The molecule has 3 rings (SSSR count). The standard InChI is InChI=1S/C30H45N5O3.C6H8N2O/c1-8-23(22(6)31)10-11-24-12-13-25-18-26(28(32)37)14-15-27(25)30(21(24)5,16-17-34-9-2)29(33-7)35(20(3)4)38-19-36;7-4-6-2-1-3-8(6)5-9/h8,10,14-15,18,20,34,36H,1,6,9,11-13,16-17,19,31H2,2-5,7H3,(H2,32,37);5-6H,1-3H2/b23-10+,33-29?;. The molecule has 1 aromatic rings. The molecule has 1 aromatic carbocycles. The summed E-state index contributed by atoms with van der Waals surface area (Å²) in [6.07, 6.45) is 9.19. The molecule has 0 saturated carbocycles. The van der Waals surface area contributed by atoms with Crippen LogP contribution in [0.1, 0.15) is 81.3 Å². The van der Waals surface area contributed by atoms with Crippen molar-refractivity contribution in [2.75, 3.05) is 33.5 Å². The van der Waals surface area contributed by atoms with Gasteiger partial charge in [-0.2, -0.15) is 5.26 Å². The Bertz CT molecular complexity index is 1410. The molecule has 2 aliphatic rings. The molecule has 1 heterocycles. The zero-order valence-corrected chi connectivity index (χ0v) is 28.7. The molecule has 1 aliphatic heterocycles. The lowest BCUT2D eigenvalue weighted by Crippen LogP contribution is -2.52. The second-order valence-corrected chi connectivity index (χ2v) is 11.9. The summed E-state index contributed by atoms with van der Waals surface area (Å²) in [7, 11) is 1.75. The highest BCUT2D eigenvalue weighted by Gasteiger charge is 2.46. The van der Waals surface area contributed by atoms with Gasteiger partial charge in [0, 0.05) is 24.9 Å². The fourth-order valence-electron chi connectivity index (χ4n) is 6.40. The number of primary amides is 1. The third kappa shape index (κ3) is 9.41.